The molecule has 36 heavy (non-hydrogen) atoms. The number of Topliss-reactive ketones (excluding diaryl/α,β-unsaturated/α-hetero) is 1. The summed E-state index contributed by atoms with van der Waals surface area (Å²) >= 11 is 0. The van der Waals surface area contributed by atoms with Gasteiger partial charge in [0.15, 0.2) is 0 Å². The van der Waals surface area contributed by atoms with E-state index in [1.54, 1.807) is 0 Å². The van der Waals surface area contributed by atoms with Crippen molar-refractivity contribution in [3.8, 4) is 0 Å². The number of hydrogen-bond acceptors (Lipinski definition) is 8. The van der Waals surface area contributed by atoms with Crippen molar-refractivity contribution in [3.63, 3.8) is 0 Å². The number of amides is 1. The Morgan fingerprint density at radius 3 is 1.97 bits per heavy atom. The standard InChI is InChI=1S/C21H32N2O6.C2HF3O2/c1-4-9-18(24)16(10-7-8-13-22)20(26)23-17(21(27)29-15-6-3)11-12-19(25)28-14-5-2;3-2(4,5)1(6)7/h4-6,16-17H,1-3,7-15,22H2,(H,23,26);(H,6,7)/t16?,17-;/m0./s1. The molecule has 2 atom stereocenters. The zero-order chi connectivity index (χ0) is 28.1. The molecule has 0 aliphatic rings. The Morgan fingerprint density at radius 1 is 0.944 bits per heavy atom. The number of allylic oxidation sites excluding steroid dienone is 1. The van der Waals surface area contributed by atoms with Crippen LogP contribution < -0.4 is 16.2 Å². The molecule has 10 nitrogen and oxygen atoms in total. The topological polar surface area (TPSA) is 167 Å². The molecule has 0 aliphatic carbocycles. The highest BCUT2D eigenvalue weighted by Gasteiger charge is 2.30. The summed E-state index contributed by atoms with van der Waals surface area (Å²) in [6.45, 7) is 11.2. The first-order valence-corrected chi connectivity index (χ1v) is 10.9. The molecule has 13 heteroatoms. The molecule has 1 amide bonds. The summed E-state index contributed by atoms with van der Waals surface area (Å²) in [5, 5.41) is 11.3. The van der Waals surface area contributed by atoms with Gasteiger partial charge >= 0.3 is 18.1 Å². The van der Waals surface area contributed by atoms with E-state index in [-0.39, 0.29) is 38.3 Å². The molecule has 204 valence electrons. The molecule has 0 spiro atoms. The number of esters is 2. The first-order chi connectivity index (χ1) is 16.8. The second kappa shape index (κ2) is 19.8. The van der Waals surface area contributed by atoms with E-state index in [4.69, 9.17) is 19.4 Å². The number of nitrogens with one attached hydrogen (secondary N) is 1. The van der Waals surface area contributed by atoms with E-state index in [0.29, 0.717) is 19.4 Å². The van der Waals surface area contributed by atoms with E-state index in [9.17, 15) is 32.3 Å². The maximum absolute atomic E-state index is 12.7. The van der Waals surface area contributed by atoms with Crippen molar-refractivity contribution in [1.82, 2.24) is 5.32 Å². The van der Waals surface area contributed by atoms with Crippen molar-refractivity contribution in [2.24, 2.45) is 5.92 Å². The number of ketones is 1. The highest BCUT2D eigenvalue weighted by molar-refractivity contribution is 6.02. The minimum atomic E-state index is -5.19. The number of rotatable bonds is 17. The van der Waals surface area contributed by atoms with Crippen LogP contribution in [0, 0.1) is 5.92 Å². The molecule has 0 bridgehead atoms. The zero-order valence-electron chi connectivity index (χ0n) is 20.0. The second-order valence-corrected chi connectivity index (χ2v) is 7.14. The quantitative estimate of drug-likeness (QED) is 0.118. The molecule has 0 rings (SSSR count). The Labute approximate surface area is 207 Å². The lowest BCUT2D eigenvalue weighted by atomic mass is 9.93. The number of ether oxygens (including phenoxy) is 2. The van der Waals surface area contributed by atoms with Gasteiger partial charge in [0.1, 0.15) is 31.0 Å². The van der Waals surface area contributed by atoms with Gasteiger partial charge in [-0.15, -0.1) is 6.58 Å². The molecule has 4 N–H and O–H groups in total. The van der Waals surface area contributed by atoms with E-state index in [1.807, 2.05) is 0 Å². The monoisotopic (exact) mass is 522 g/mol. The van der Waals surface area contributed by atoms with Crippen molar-refractivity contribution in [3.05, 3.63) is 38.0 Å². The molecule has 0 aromatic heterocycles. The maximum Gasteiger partial charge on any atom is 0.430 e. The molecular weight excluding hydrogens is 489 g/mol. The Balaban J connectivity index is 0. The van der Waals surface area contributed by atoms with Gasteiger partial charge in [0.2, 0.25) is 5.91 Å². The lowest BCUT2D eigenvalue weighted by Gasteiger charge is -2.21. The Bertz CT molecular complexity index is 769. The number of carboxylic acids is 1. The van der Waals surface area contributed by atoms with Crippen LogP contribution in [0.3, 0.4) is 0 Å². The fourth-order valence-corrected chi connectivity index (χ4v) is 2.50. The van der Waals surface area contributed by atoms with Crippen molar-refractivity contribution in [1.29, 1.82) is 0 Å². The van der Waals surface area contributed by atoms with Crippen LogP contribution in [0.1, 0.15) is 38.5 Å². The molecule has 0 aliphatic heterocycles. The molecule has 1 unspecified atom stereocenters. The number of hydrogen-bond donors (Lipinski definition) is 2. The Morgan fingerprint density at radius 2 is 1.50 bits per heavy atom. The second-order valence-electron chi connectivity index (χ2n) is 7.14. The van der Waals surface area contributed by atoms with Gasteiger partial charge in [0, 0.05) is 12.8 Å². The summed E-state index contributed by atoms with van der Waals surface area (Å²) in [5.74, 6) is -5.99. The van der Waals surface area contributed by atoms with Crippen LogP contribution in [-0.2, 0) is 33.4 Å². The number of quaternary nitrogens is 1. The molecule has 0 fully saturated rings. The molecule has 0 aromatic rings. The van der Waals surface area contributed by atoms with Crippen molar-refractivity contribution in [2.75, 3.05) is 19.8 Å². The maximum atomic E-state index is 12.7. The van der Waals surface area contributed by atoms with Gasteiger partial charge in [-0.05, 0) is 25.7 Å². The highest BCUT2D eigenvalue weighted by Crippen LogP contribution is 2.14. The van der Waals surface area contributed by atoms with Crippen LogP contribution in [0.2, 0.25) is 0 Å². The summed E-state index contributed by atoms with van der Waals surface area (Å²) in [5.41, 5.74) is 3.75. The minimum Gasteiger partial charge on any atom is -0.542 e. The predicted octanol–water partition coefficient (Wildman–Crippen LogP) is 0.182. The largest absolute Gasteiger partial charge is 0.542 e. The lowest BCUT2D eigenvalue weighted by Crippen LogP contribution is -2.50. The predicted molar refractivity (Wildman–Crippen MR) is 119 cm³/mol. The summed E-state index contributed by atoms with van der Waals surface area (Å²) in [7, 11) is 0. The number of unbranched alkanes of at least 4 members (excludes halogenated alkanes) is 1. The van der Waals surface area contributed by atoms with E-state index in [2.05, 4.69) is 30.8 Å². The average Bonchev–Trinajstić information content (AvgIpc) is 2.81. The number of carbonyl (C=O) groups excluding carboxylic acids is 5. The van der Waals surface area contributed by atoms with E-state index in [0.717, 1.165) is 6.42 Å². The van der Waals surface area contributed by atoms with Crippen LogP contribution >= 0.6 is 0 Å². The van der Waals surface area contributed by atoms with Gasteiger partial charge in [-0.1, -0.05) is 31.4 Å². The van der Waals surface area contributed by atoms with Gasteiger partial charge in [-0.2, -0.15) is 13.2 Å². The lowest BCUT2D eigenvalue weighted by molar-refractivity contribution is -0.368. The fourth-order valence-electron chi connectivity index (χ4n) is 2.50. The van der Waals surface area contributed by atoms with Crippen molar-refractivity contribution < 1.29 is 57.5 Å². The number of halogens is 3. The SMILES string of the molecule is C=CCOC(=O)CC[C@H](NC(=O)C(CCCC[NH3+])C(=O)CC=C)C(=O)OCC=C.O=C([O-])C(F)(F)F. The third kappa shape index (κ3) is 17.0. The van der Waals surface area contributed by atoms with Gasteiger partial charge in [0.05, 0.1) is 12.5 Å². The Kier molecular flexibility index (Phi) is 19.1. The van der Waals surface area contributed by atoms with Crippen molar-refractivity contribution >= 4 is 29.6 Å². The number of aliphatic carboxylic acids is 1. The molecule has 0 heterocycles. The number of carboxylic acid groups (broad SMARTS) is 1. The first-order valence-electron chi connectivity index (χ1n) is 10.9. The van der Waals surface area contributed by atoms with E-state index < -0.39 is 42.0 Å². The van der Waals surface area contributed by atoms with Gasteiger partial charge < -0.3 is 30.4 Å². The minimum absolute atomic E-state index is 0.0149. The third-order valence-electron chi connectivity index (χ3n) is 4.22. The summed E-state index contributed by atoms with van der Waals surface area (Å²) in [6.07, 6.45) is 0.797. The van der Waals surface area contributed by atoms with Crippen LogP contribution in [0.25, 0.3) is 0 Å². The summed E-state index contributed by atoms with van der Waals surface area (Å²) in [6, 6.07) is -1.08. The first kappa shape index (κ1) is 34.7. The van der Waals surface area contributed by atoms with Gasteiger partial charge in [-0.25, -0.2) is 4.79 Å². The molecule has 0 saturated carbocycles. The van der Waals surface area contributed by atoms with Crippen LogP contribution in [0.15, 0.2) is 38.0 Å². The van der Waals surface area contributed by atoms with E-state index in [1.165, 1.54) is 18.2 Å². The smallest absolute Gasteiger partial charge is 0.430 e. The van der Waals surface area contributed by atoms with Crippen LogP contribution in [-0.4, -0.2) is 61.6 Å². The number of alkyl halides is 3. The van der Waals surface area contributed by atoms with Crippen molar-refractivity contribution in [2.45, 2.75) is 50.7 Å². The molecule has 0 saturated heterocycles. The molecule has 0 radical (unpaired) electrons. The fraction of sp³-hybridized carbons (Fsp3) is 0.522. The Hall–Kier alpha value is -3.48. The normalized spacial score (nSPS) is 12.0. The summed E-state index contributed by atoms with van der Waals surface area (Å²) < 4.78 is 41.4. The van der Waals surface area contributed by atoms with Crippen LogP contribution in [0.4, 0.5) is 13.2 Å². The average molecular weight is 523 g/mol. The number of carbonyl (C=O) groups is 5. The van der Waals surface area contributed by atoms with Crippen LogP contribution in [0.5, 0.6) is 0 Å². The molecule has 0 aromatic carbocycles. The third-order valence-corrected chi connectivity index (χ3v) is 4.22. The molecular formula is C23H33F3N2O8. The van der Waals surface area contributed by atoms with E-state index >= 15 is 0 Å². The zero-order valence-corrected chi connectivity index (χ0v) is 20.0. The van der Waals surface area contributed by atoms with Gasteiger partial charge in [-0.3, -0.25) is 14.4 Å². The summed E-state index contributed by atoms with van der Waals surface area (Å²) in [4.78, 5) is 57.8. The van der Waals surface area contributed by atoms with Gasteiger partial charge in [0.25, 0.3) is 0 Å². The highest BCUT2D eigenvalue weighted by atomic mass is 19.4.